The van der Waals surface area contributed by atoms with Gasteiger partial charge in [0.2, 0.25) is 6.10 Å². The van der Waals surface area contributed by atoms with Gasteiger partial charge in [0.1, 0.15) is 6.04 Å². The first-order chi connectivity index (χ1) is 10.8. The lowest BCUT2D eigenvalue weighted by atomic mass is 10.1. The summed E-state index contributed by atoms with van der Waals surface area (Å²) in [6.45, 7) is 0. The van der Waals surface area contributed by atoms with E-state index in [0.29, 0.717) is 0 Å². The number of carbonyl (C=O) groups excluding carboxylic acids is 1. The van der Waals surface area contributed by atoms with E-state index < -0.39 is 47.1 Å². The van der Waals surface area contributed by atoms with E-state index in [9.17, 15) is 24.5 Å². The molecule has 2 atom stereocenters. The van der Waals surface area contributed by atoms with E-state index in [4.69, 9.17) is 14.9 Å². The number of nitro groups is 1. The molecular weight excluding hydrogens is 312 g/mol. The van der Waals surface area contributed by atoms with Gasteiger partial charge < -0.3 is 20.3 Å². The van der Waals surface area contributed by atoms with Crippen molar-refractivity contribution in [3.05, 3.63) is 39.9 Å². The number of nitro benzene ring substituents is 1. The standard InChI is InChI=1S/C13H14N2O8/c1-14-8(12(17)18)6-10(16)23-11(13(19)20)7-4-2-3-5-9(7)15(21)22/h2-5,8,11,14H,6H2,1H3,(H,17,18)(H,19,20)/t8-,11?/m0/s1. The van der Waals surface area contributed by atoms with Crippen molar-refractivity contribution in [1.29, 1.82) is 0 Å². The molecule has 1 aromatic rings. The second-order valence-electron chi connectivity index (χ2n) is 4.41. The summed E-state index contributed by atoms with van der Waals surface area (Å²) in [7, 11) is 1.31. The summed E-state index contributed by atoms with van der Waals surface area (Å²) >= 11 is 0. The lowest BCUT2D eigenvalue weighted by molar-refractivity contribution is -0.386. The third-order valence-corrected chi connectivity index (χ3v) is 2.91. The van der Waals surface area contributed by atoms with E-state index in [-0.39, 0.29) is 5.56 Å². The van der Waals surface area contributed by atoms with Crippen molar-refractivity contribution >= 4 is 23.6 Å². The molecule has 10 nitrogen and oxygen atoms in total. The monoisotopic (exact) mass is 326 g/mol. The van der Waals surface area contributed by atoms with E-state index in [1.54, 1.807) is 0 Å². The van der Waals surface area contributed by atoms with Gasteiger partial charge in [-0.1, -0.05) is 12.1 Å². The van der Waals surface area contributed by atoms with Gasteiger partial charge in [0.15, 0.2) is 0 Å². The number of nitrogens with zero attached hydrogens (tertiary/aromatic N) is 1. The molecular formula is C13H14N2O8. The van der Waals surface area contributed by atoms with Gasteiger partial charge in [0, 0.05) is 6.07 Å². The molecule has 0 aliphatic rings. The van der Waals surface area contributed by atoms with Crippen LogP contribution in [0.3, 0.4) is 0 Å². The molecule has 1 rings (SSSR count). The fourth-order valence-corrected chi connectivity index (χ4v) is 1.78. The lowest BCUT2D eigenvalue weighted by Crippen LogP contribution is -2.37. The highest BCUT2D eigenvalue weighted by Crippen LogP contribution is 2.28. The minimum atomic E-state index is -1.91. The molecule has 0 saturated carbocycles. The lowest BCUT2D eigenvalue weighted by Gasteiger charge is -2.16. The topological polar surface area (TPSA) is 156 Å². The molecule has 0 spiro atoms. The normalized spacial score (nSPS) is 12.9. The van der Waals surface area contributed by atoms with Crippen LogP contribution in [0.1, 0.15) is 18.1 Å². The molecule has 0 saturated heterocycles. The zero-order chi connectivity index (χ0) is 17.6. The smallest absolute Gasteiger partial charge is 0.350 e. The van der Waals surface area contributed by atoms with E-state index in [1.807, 2.05) is 0 Å². The first-order valence-corrected chi connectivity index (χ1v) is 6.33. The Hall–Kier alpha value is -3.01. The van der Waals surface area contributed by atoms with Gasteiger partial charge in [-0.05, 0) is 13.1 Å². The highest BCUT2D eigenvalue weighted by molar-refractivity contribution is 5.84. The Kier molecular flexibility index (Phi) is 6.15. The third kappa shape index (κ3) is 4.74. The molecule has 0 bridgehead atoms. The van der Waals surface area contributed by atoms with E-state index in [0.717, 1.165) is 12.1 Å². The number of para-hydroxylation sites is 1. The van der Waals surface area contributed by atoms with Gasteiger partial charge in [-0.3, -0.25) is 19.7 Å². The van der Waals surface area contributed by atoms with E-state index in [2.05, 4.69) is 5.32 Å². The summed E-state index contributed by atoms with van der Waals surface area (Å²) in [6, 6.07) is 3.66. The highest BCUT2D eigenvalue weighted by Gasteiger charge is 2.32. The fraction of sp³-hybridized carbons (Fsp3) is 0.308. The zero-order valence-corrected chi connectivity index (χ0v) is 12.0. The van der Waals surface area contributed by atoms with Gasteiger partial charge in [0.25, 0.3) is 5.69 Å². The summed E-state index contributed by atoms with van der Waals surface area (Å²) in [5.74, 6) is -4.04. The first-order valence-electron chi connectivity index (χ1n) is 6.33. The molecule has 0 heterocycles. The van der Waals surface area contributed by atoms with Crippen LogP contribution in [0.4, 0.5) is 5.69 Å². The van der Waals surface area contributed by atoms with Crippen molar-refractivity contribution in [3.63, 3.8) is 0 Å². The average molecular weight is 326 g/mol. The van der Waals surface area contributed by atoms with Crippen molar-refractivity contribution in [2.75, 3.05) is 7.05 Å². The first kappa shape index (κ1) is 18.0. The van der Waals surface area contributed by atoms with Gasteiger partial charge in [-0.2, -0.15) is 0 Å². The van der Waals surface area contributed by atoms with Gasteiger partial charge >= 0.3 is 17.9 Å². The molecule has 10 heteroatoms. The molecule has 0 fully saturated rings. The number of benzene rings is 1. The van der Waals surface area contributed by atoms with Crippen LogP contribution < -0.4 is 5.32 Å². The third-order valence-electron chi connectivity index (χ3n) is 2.91. The predicted molar refractivity (Wildman–Crippen MR) is 74.7 cm³/mol. The number of esters is 1. The van der Waals surface area contributed by atoms with Crippen LogP contribution in [0.5, 0.6) is 0 Å². The van der Waals surface area contributed by atoms with Crippen LogP contribution in [0.15, 0.2) is 24.3 Å². The Morgan fingerprint density at radius 1 is 1.26 bits per heavy atom. The zero-order valence-electron chi connectivity index (χ0n) is 12.0. The predicted octanol–water partition coefficient (Wildman–Crippen LogP) is 0.326. The number of ether oxygens (including phenoxy) is 1. The molecule has 0 aliphatic carbocycles. The molecule has 124 valence electrons. The maximum absolute atomic E-state index is 11.7. The Bertz CT molecular complexity index is 630. The molecule has 0 amide bonds. The second kappa shape index (κ2) is 7.84. The molecule has 0 aromatic heterocycles. The summed E-state index contributed by atoms with van der Waals surface area (Å²) in [5, 5.41) is 31.3. The highest BCUT2D eigenvalue weighted by atomic mass is 16.6. The number of aliphatic carboxylic acids is 2. The summed E-state index contributed by atoms with van der Waals surface area (Å²) in [6.07, 6.45) is -2.54. The SMILES string of the molecule is CN[C@@H](CC(=O)OC(C(=O)O)c1ccccc1[N+](=O)[O-])C(=O)O. The molecule has 3 N–H and O–H groups in total. The molecule has 1 unspecified atom stereocenters. The maximum Gasteiger partial charge on any atom is 0.350 e. The second-order valence-corrected chi connectivity index (χ2v) is 4.41. The van der Waals surface area contributed by atoms with E-state index >= 15 is 0 Å². The van der Waals surface area contributed by atoms with Crippen LogP contribution in [0.25, 0.3) is 0 Å². The fourth-order valence-electron chi connectivity index (χ4n) is 1.78. The summed E-state index contributed by atoms with van der Waals surface area (Å²) < 4.78 is 4.73. The quantitative estimate of drug-likeness (QED) is 0.348. The number of carbonyl (C=O) groups is 3. The summed E-state index contributed by atoms with van der Waals surface area (Å²) in [5.41, 5.74) is -0.828. The Morgan fingerprint density at radius 3 is 2.35 bits per heavy atom. The van der Waals surface area contributed by atoms with Crippen LogP contribution in [0, 0.1) is 10.1 Å². The van der Waals surface area contributed by atoms with Crippen LogP contribution in [-0.2, 0) is 19.1 Å². The van der Waals surface area contributed by atoms with Crippen LogP contribution in [-0.4, -0.2) is 46.1 Å². The Labute approximate surface area is 129 Å². The molecule has 23 heavy (non-hydrogen) atoms. The average Bonchev–Trinajstić information content (AvgIpc) is 2.49. The maximum atomic E-state index is 11.7. The van der Waals surface area contributed by atoms with Crippen molar-refractivity contribution in [1.82, 2.24) is 5.32 Å². The van der Waals surface area contributed by atoms with Crippen molar-refractivity contribution in [3.8, 4) is 0 Å². The van der Waals surface area contributed by atoms with Gasteiger partial charge in [-0.25, -0.2) is 4.79 Å². The minimum Gasteiger partial charge on any atom is -0.480 e. The van der Waals surface area contributed by atoms with Gasteiger partial charge in [0.05, 0.1) is 16.9 Å². The van der Waals surface area contributed by atoms with Crippen molar-refractivity contribution in [2.45, 2.75) is 18.6 Å². The number of hydrogen-bond acceptors (Lipinski definition) is 7. The number of carboxylic acid groups (broad SMARTS) is 2. The number of likely N-dealkylation sites (N-methyl/N-ethyl adjacent to an activating group) is 1. The Balaban J connectivity index is 3.01. The van der Waals surface area contributed by atoms with E-state index in [1.165, 1.54) is 19.2 Å². The number of nitrogens with one attached hydrogen (secondary N) is 1. The Morgan fingerprint density at radius 2 is 1.87 bits per heavy atom. The number of rotatable bonds is 8. The van der Waals surface area contributed by atoms with Crippen LogP contribution in [0.2, 0.25) is 0 Å². The van der Waals surface area contributed by atoms with Crippen LogP contribution >= 0.6 is 0 Å². The van der Waals surface area contributed by atoms with Crippen molar-refractivity contribution in [2.24, 2.45) is 0 Å². The molecule has 0 aliphatic heterocycles. The molecule has 0 radical (unpaired) electrons. The molecule has 1 aromatic carbocycles. The van der Waals surface area contributed by atoms with Gasteiger partial charge in [-0.15, -0.1) is 0 Å². The number of carboxylic acids is 2. The minimum absolute atomic E-state index is 0.310. The largest absolute Gasteiger partial charge is 0.480 e. The summed E-state index contributed by atoms with van der Waals surface area (Å²) in [4.78, 5) is 44.0. The number of hydrogen-bond donors (Lipinski definition) is 3. The van der Waals surface area contributed by atoms with Crippen molar-refractivity contribution < 1.29 is 34.3 Å².